The summed E-state index contributed by atoms with van der Waals surface area (Å²) in [6, 6.07) is 3.07. The largest absolute Gasteiger partial charge is 0.390 e. The van der Waals surface area contributed by atoms with Crippen LogP contribution in [-0.2, 0) is 0 Å². The zero-order chi connectivity index (χ0) is 11.4. The van der Waals surface area contributed by atoms with Gasteiger partial charge in [-0.05, 0) is 41.6 Å². The monoisotopic (exact) mass is 343 g/mol. The second-order valence-electron chi connectivity index (χ2n) is 3.22. The molecule has 0 heterocycles. The first-order chi connectivity index (χ1) is 7.06. The van der Waals surface area contributed by atoms with Gasteiger partial charge >= 0.3 is 0 Å². The van der Waals surface area contributed by atoms with E-state index in [4.69, 9.17) is 11.6 Å². The Kier molecular flexibility index (Phi) is 5.08. The van der Waals surface area contributed by atoms with Crippen molar-refractivity contribution in [2.75, 3.05) is 17.7 Å². The van der Waals surface area contributed by atoms with Crippen molar-refractivity contribution in [1.29, 1.82) is 0 Å². The van der Waals surface area contributed by atoms with Crippen LogP contribution in [0.5, 0.6) is 0 Å². The van der Waals surface area contributed by atoms with Gasteiger partial charge in [0.1, 0.15) is 5.82 Å². The Morgan fingerprint density at radius 1 is 1.60 bits per heavy atom. The molecule has 5 heteroatoms. The molecule has 0 spiro atoms. The third-order valence-corrected chi connectivity index (χ3v) is 3.77. The summed E-state index contributed by atoms with van der Waals surface area (Å²) in [6.07, 6.45) is -0.590. The number of alkyl halides is 1. The summed E-state index contributed by atoms with van der Waals surface area (Å²) in [5, 5.41) is 12.3. The van der Waals surface area contributed by atoms with E-state index in [0.717, 1.165) is 9.26 Å². The van der Waals surface area contributed by atoms with Gasteiger partial charge in [-0.25, -0.2) is 4.39 Å². The van der Waals surface area contributed by atoms with Crippen LogP contribution >= 0.6 is 34.2 Å². The average molecular weight is 344 g/mol. The van der Waals surface area contributed by atoms with Crippen LogP contribution in [0.25, 0.3) is 0 Å². The molecule has 1 aromatic carbocycles. The Balaban J connectivity index is 2.74. The molecule has 0 bridgehead atoms. The summed E-state index contributed by atoms with van der Waals surface area (Å²) in [4.78, 5) is 0. The third kappa shape index (κ3) is 3.46. The molecule has 0 amide bonds. The van der Waals surface area contributed by atoms with Gasteiger partial charge in [0.15, 0.2) is 0 Å². The van der Waals surface area contributed by atoms with Crippen LogP contribution in [0.1, 0.15) is 5.56 Å². The summed E-state index contributed by atoms with van der Waals surface area (Å²) in [5.74, 6) is -0.0353. The maximum atomic E-state index is 13.1. The highest BCUT2D eigenvalue weighted by atomic mass is 127. The van der Waals surface area contributed by atoms with Crippen molar-refractivity contribution in [3.63, 3.8) is 0 Å². The number of hydrogen-bond acceptors (Lipinski definition) is 2. The van der Waals surface area contributed by atoms with Crippen molar-refractivity contribution in [1.82, 2.24) is 0 Å². The van der Waals surface area contributed by atoms with Crippen LogP contribution < -0.4 is 5.32 Å². The van der Waals surface area contributed by atoms with Gasteiger partial charge in [-0.2, -0.15) is 0 Å². The number of nitrogens with one attached hydrogen (secondary N) is 1. The maximum absolute atomic E-state index is 13.1. The Labute approximate surface area is 107 Å². The molecule has 15 heavy (non-hydrogen) atoms. The van der Waals surface area contributed by atoms with Crippen LogP contribution in [0, 0.1) is 16.3 Å². The van der Waals surface area contributed by atoms with Gasteiger partial charge < -0.3 is 10.4 Å². The molecule has 0 saturated carbocycles. The number of benzene rings is 1. The number of aliphatic hydroxyl groups excluding tert-OH is 1. The van der Waals surface area contributed by atoms with Crippen LogP contribution in [0.15, 0.2) is 12.1 Å². The lowest BCUT2D eigenvalue weighted by Crippen LogP contribution is -2.21. The van der Waals surface area contributed by atoms with E-state index in [9.17, 15) is 9.50 Å². The summed E-state index contributed by atoms with van der Waals surface area (Å²) in [7, 11) is 0. The van der Waals surface area contributed by atoms with E-state index in [1.807, 2.05) is 0 Å². The minimum absolute atomic E-state index is 0.184. The second kappa shape index (κ2) is 5.86. The van der Waals surface area contributed by atoms with Gasteiger partial charge in [0.05, 0.1) is 12.0 Å². The molecular formula is C10H12ClFINO. The number of halogens is 3. The van der Waals surface area contributed by atoms with Crippen molar-refractivity contribution >= 4 is 39.9 Å². The molecule has 0 fully saturated rings. The van der Waals surface area contributed by atoms with Crippen LogP contribution in [0.2, 0.25) is 0 Å². The summed E-state index contributed by atoms with van der Waals surface area (Å²) in [6.45, 7) is 2.09. The van der Waals surface area contributed by atoms with E-state index in [-0.39, 0.29) is 11.7 Å². The second-order valence-corrected chi connectivity index (χ2v) is 4.61. The summed E-state index contributed by atoms with van der Waals surface area (Å²) < 4.78 is 13.9. The fourth-order valence-corrected chi connectivity index (χ4v) is 1.82. The molecule has 1 atom stereocenters. The molecule has 1 unspecified atom stereocenters. The van der Waals surface area contributed by atoms with Crippen molar-refractivity contribution in [3.05, 3.63) is 27.1 Å². The standard InChI is InChI=1S/C10H12ClFINO/c1-6-8(12)2-3-9(10(6)13)14-5-7(15)4-11/h2-3,7,14-15H,4-5H2,1H3. The fourth-order valence-electron chi connectivity index (χ4n) is 1.08. The third-order valence-electron chi connectivity index (χ3n) is 2.03. The Hall–Kier alpha value is -0.0700. The van der Waals surface area contributed by atoms with Crippen LogP contribution in [0.4, 0.5) is 10.1 Å². The molecule has 0 aliphatic carbocycles. The Morgan fingerprint density at radius 3 is 2.87 bits per heavy atom. The van der Waals surface area contributed by atoms with E-state index in [1.54, 1.807) is 13.0 Å². The molecule has 0 aliphatic heterocycles. The number of hydrogen-bond donors (Lipinski definition) is 2. The first-order valence-electron chi connectivity index (χ1n) is 4.48. The highest BCUT2D eigenvalue weighted by Gasteiger charge is 2.08. The minimum atomic E-state index is -0.590. The molecule has 84 valence electrons. The SMILES string of the molecule is Cc1c(F)ccc(NCC(O)CCl)c1I. The smallest absolute Gasteiger partial charge is 0.127 e. The van der Waals surface area contributed by atoms with Gasteiger partial charge in [0, 0.05) is 21.4 Å². The number of anilines is 1. The zero-order valence-corrected chi connectivity index (χ0v) is 11.1. The van der Waals surface area contributed by atoms with Gasteiger partial charge in [0.2, 0.25) is 0 Å². The molecule has 1 rings (SSSR count). The average Bonchev–Trinajstić information content (AvgIpc) is 2.24. The molecular weight excluding hydrogens is 331 g/mol. The predicted molar refractivity (Wildman–Crippen MR) is 69.1 cm³/mol. The summed E-state index contributed by atoms with van der Waals surface area (Å²) >= 11 is 7.53. The van der Waals surface area contributed by atoms with E-state index in [0.29, 0.717) is 12.1 Å². The molecule has 0 aromatic heterocycles. The predicted octanol–water partition coefficient (Wildman–Crippen LogP) is 2.75. The van der Waals surface area contributed by atoms with Gasteiger partial charge in [-0.1, -0.05) is 0 Å². The van der Waals surface area contributed by atoms with Gasteiger partial charge in [0.25, 0.3) is 0 Å². The van der Waals surface area contributed by atoms with E-state index in [2.05, 4.69) is 27.9 Å². The summed E-state index contributed by atoms with van der Waals surface area (Å²) in [5.41, 5.74) is 1.43. The molecule has 1 aromatic rings. The van der Waals surface area contributed by atoms with Gasteiger partial charge in [-0.15, -0.1) is 11.6 Å². The lowest BCUT2D eigenvalue weighted by molar-refractivity contribution is 0.211. The topological polar surface area (TPSA) is 32.3 Å². The quantitative estimate of drug-likeness (QED) is 0.651. The minimum Gasteiger partial charge on any atom is -0.390 e. The molecule has 2 nitrogen and oxygen atoms in total. The van der Waals surface area contributed by atoms with E-state index < -0.39 is 6.10 Å². The molecule has 0 saturated heterocycles. The Morgan fingerprint density at radius 2 is 2.27 bits per heavy atom. The van der Waals surface area contributed by atoms with E-state index >= 15 is 0 Å². The molecule has 0 radical (unpaired) electrons. The first kappa shape index (κ1) is 13.0. The Bertz CT molecular complexity index is 348. The van der Waals surface area contributed by atoms with Crippen LogP contribution in [0.3, 0.4) is 0 Å². The van der Waals surface area contributed by atoms with Crippen molar-refractivity contribution in [2.45, 2.75) is 13.0 Å². The number of aliphatic hydroxyl groups is 1. The lowest BCUT2D eigenvalue weighted by atomic mass is 10.2. The first-order valence-corrected chi connectivity index (χ1v) is 6.10. The zero-order valence-electron chi connectivity index (χ0n) is 8.23. The highest BCUT2D eigenvalue weighted by molar-refractivity contribution is 14.1. The van der Waals surface area contributed by atoms with Crippen molar-refractivity contribution < 1.29 is 9.50 Å². The molecule has 2 N–H and O–H groups in total. The fraction of sp³-hybridized carbons (Fsp3) is 0.400. The highest BCUT2D eigenvalue weighted by Crippen LogP contribution is 2.23. The van der Waals surface area contributed by atoms with Crippen molar-refractivity contribution in [3.8, 4) is 0 Å². The van der Waals surface area contributed by atoms with Gasteiger partial charge in [-0.3, -0.25) is 0 Å². The molecule has 0 aliphatic rings. The van der Waals surface area contributed by atoms with Crippen molar-refractivity contribution in [2.24, 2.45) is 0 Å². The number of rotatable bonds is 4. The maximum Gasteiger partial charge on any atom is 0.127 e. The normalized spacial score (nSPS) is 12.6. The van der Waals surface area contributed by atoms with Crippen LogP contribution in [-0.4, -0.2) is 23.6 Å². The lowest BCUT2D eigenvalue weighted by Gasteiger charge is -2.13. The van der Waals surface area contributed by atoms with E-state index in [1.165, 1.54) is 6.07 Å².